The molecule has 3 N–H and O–H groups in total. The second-order valence-electron chi connectivity index (χ2n) is 27.6. The van der Waals surface area contributed by atoms with Gasteiger partial charge in [-0.05, 0) is 37.5 Å². The molecule has 0 aromatic rings. The number of phosphoric acid groups is 2. The molecule has 0 saturated carbocycles. The van der Waals surface area contributed by atoms with Gasteiger partial charge >= 0.3 is 39.5 Å². The van der Waals surface area contributed by atoms with Gasteiger partial charge in [0.25, 0.3) is 0 Å². The standard InChI is InChI=1S/C74H144O17P2/c1-7-9-11-13-15-17-19-21-23-24-25-26-27-29-31-33-35-37-46-52-58-73(78)90-69(62-84-71(76)56-50-44-36-34-32-30-28-22-20-18-16-14-12-10-8-2)64-88-92(80,81)86-60-68(75)61-87-93(82,83)89-65-70(91-74(79)59-53-47-41-39-43-49-55-67(5)6)63-85-72(77)57-51-45-40-38-42-48-54-66(3)4/h66-70,75H,7-65H2,1-6H3,(H,80,81)(H,82,83)/t68-,69-,70-/m1/s1. The zero-order valence-corrected chi connectivity index (χ0v) is 62.3. The molecule has 0 heterocycles. The first-order valence-electron chi connectivity index (χ1n) is 38.5. The summed E-state index contributed by atoms with van der Waals surface area (Å²) in [6.45, 7) is 9.40. The highest BCUT2D eigenvalue weighted by molar-refractivity contribution is 7.47. The van der Waals surface area contributed by atoms with Crippen molar-refractivity contribution in [3.63, 3.8) is 0 Å². The van der Waals surface area contributed by atoms with Gasteiger partial charge in [-0.1, -0.05) is 330 Å². The molecule has 0 amide bonds. The molecular formula is C74H144O17P2. The Labute approximate surface area is 568 Å². The zero-order chi connectivity index (χ0) is 68.6. The molecule has 17 nitrogen and oxygen atoms in total. The largest absolute Gasteiger partial charge is 0.472 e. The predicted octanol–water partition coefficient (Wildman–Crippen LogP) is 21.6. The average molecular weight is 1370 g/mol. The molecule has 0 fully saturated rings. The number of esters is 4. The number of rotatable bonds is 73. The van der Waals surface area contributed by atoms with E-state index < -0.39 is 97.5 Å². The van der Waals surface area contributed by atoms with Gasteiger partial charge in [-0.2, -0.15) is 0 Å². The van der Waals surface area contributed by atoms with Crippen LogP contribution in [0.2, 0.25) is 0 Å². The number of carbonyl (C=O) groups is 4. The second-order valence-corrected chi connectivity index (χ2v) is 30.5. The Morgan fingerprint density at radius 2 is 0.495 bits per heavy atom. The van der Waals surface area contributed by atoms with Gasteiger partial charge in [0, 0.05) is 25.7 Å². The maximum Gasteiger partial charge on any atom is 0.472 e. The number of ether oxygens (including phenoxy) is 4. The summed E-state index contributed by atoms with van der Waals surface area (Å²) in [5, 5.41) is 10.6. The van der Waals surface area contributed by atoms with Gasteiger partial charge in [0.2, 0.25) is 0 Å². The Morgan fingerprint density at radius 1 is 0.290 bits per heavy atom. The maximum absolute atomic E-state index is 13.1. The molecule has 0 aliphatic heterocycles. The summed E-state index contributed by atoms with van der Waals surface area (Å²) in [6, 6.07) is 0. The fourth-order valence-electron chi connectivity index (χ4n) is 11.3. The van der Waals surface area contributed by atoms with E-state index in [1.165, 1.54) is 193 Å². The molecule has 0 radical (unpaired) electrons. The number of aliphatic hydroxyl groups is 1. The van der Waals surface area contributed by atoms with Gasteiger partial charge in [0.1, 0.15) is 19.3 Å². The molecule has 0 spiro atoms. The monoisotopic (exact) mass is 1370 g/mol. The van der Waals surface area contributed by atoms with E-state index in [4.69, 9.17) is 37.0 Å². The van der Waals surface area contributed by atoms with Crippen molar-refractivity contribution in [1.82, 2.24) is 0 Å². The highest BCUT2D eigenvalue weighted by atomic mass is 31.2. The van der Waals surface area contributed by atoms with Crippen LogP contribution in [-0.2, 0) is 65.4 Å². The van der Waals surface area contributed by atoms with Crippen LogP contribution in [0.15, 0.2) is 0 Å². The highest BCUT2D eigenvalue weighted by Gasteiger charge is 2.30. The van der Waals surface area contributed by atoms with Crippen molar-refractivity contribution < 1.29 is 80.2 Å². The van der Waals surface area contributed by atoms with Crippen LogP contribution in [0.1, 0.15) is 382 Å². The van der Waals surface area contributed by atoms with Crippen LogP contribution in [0.4, 0.5) is 0 Å². The molecule has 0 aliphatic carbocycles. The Bertz CT molecular complexity index is 1800. The van der Waals surface area contributed by atoms with Crippen LogP contribution in [0.25, 0.3) is 0 Å². The fourth-order valence-corrected chi connectivity index (χ4v) is 12.9. The summed E-state index contributed by atoms with van der Waals surface area (Å²) >= 11 is 0. The molecule has 0 saturated heterocycles. The molecule has 0 bridgehead atoms. The highest BCUT2D eigenvalue weighted by Crippen LogP contribution is 2.45. The molecule has 0 aliphatic rings. The minimum absolute atomic E-state index is 0.101. The van der Waals surface area contributed by atoms with Crippen LogP contribution in [0.3, 0.4) is 0 Å². The maximum atomic E-state index is 13.1. The molecule has 93 heavy (non-hydrogen) atoms. The third-order valence-electron chi connectivity index (χ3n) is 17.2. The second kappa shape index (κ2) is 66.0. The van der Waals surface area contributed by atoms with Crippen LogP contribution in [0.5, 0.6) is 0 Å². The number of hydrogen-bond donors (Lipinski definition) is 3. The van der Waals surface area contributed by atoms with Crippen molar-refractivity contribution in [3.8, 4) is 0 Å². The number of phosphoric ester groups is 2. The van der Waals surface area contributed by atoms with Gasteiger partial charge in [0.15, 0.2) is 12.2 Å². The van der Waals surface area contributed by atoms with Crippen molar-refractivity contribution >= 4 is 39.5 Å². The van der Waals surface area contributed by atoms with Gasteiger partial charge in [-0.15, -0.1) is 0 Å². The first kappa shape index (κ1) is 91.1. The Morgan fingerprint density at radius 3 is 0.731 bits per heavy atom. The lowest BCUT2D eigenvalue weighted by Gasteiger charge is -2.21. The van der Waals surface area contributed by atoms with Gasteiger partial charge in [0.05, 0.1) is 26.4 Å². The number of hydrogen-bond acceptors (Lipinski definition) is 15. The van der Waals surface area contributed by atoms with E-state index >= 15 is 0 Å². The molecule has 0 aromatic carbocycles. The summed E-state index contributed by atoms with van der Waals surface area (Å²) in [6.07, 6.45) is 53.2. The molecule has 0 rings (SSSR count). The summed E-state index contributed by atoms with van der Waals surface area (Å²) < 4.78 is 68.3. The molecular weight excluding hydrogens is 1220 g/mol. The predicted molar refractivity (Wildman–Crippen MR) is 377 cm³/mol. The van der Waals surface area contributed by atoms with Gasteiger partial charge in [-0.25, -0.2) is 9.13 Å². The van der Waals surface area contributed by atoms with Gasteiger partial charge in [-0.3, -0.25) is 37.3 Å². The van der Waals surface area contributed by atoms with Crippen molar-refractivity contribution in [2.24, 2.45) is 11.8 Å². The van der Waals surface area contributed by atoms with Crippen LogP contribution < -0.4 is 0 Å². The summed E-state index contributed by atoms with van der Waals surface area (Å²) in [5.74, 6) is -0.777. The van der Waals surface area contributed by atoms with Crippen LogP contribution in [0, 0.1) is 11.8 Å². The van der Waals surface area contributed by atoms with E-state index in [2.05, 4.69) is 41.5 Å². The average Bonchev–Trinajstić information content (AvgIpc) is 1.64. The first-order valence-corrected chi connectivity index (χ1v) is 41.5. The summed E-state index contributed by atoms with van der Waals surface area (Å²) in [5.41, 5.74) is 0. The molecule has 5 atom stereocenters. The van der Waals surface area contributed by atoms with E-state index in [0.717, 1.165) is 96.3 Å². The van der Waals surface area contributed by atoms with Gasteiger partial charge < -0.3 is 33.8 Å². The lowest BCUT2D eigenvalue weighted by atomic mass is 10.0. The Balaban J connectivity index is 5.18. The molecule has 0 aromatic heterocycles. The zero-order valence-electron chi connectivity index (χ0n) is 60.6. The Kier molecular flexibility index (Phi) is 64.6. The summed E-state index contributed by atoms with van der Waals surface area (Å²) in [7, 11) is -9.90. The van der Waals surface area contributed by atoms with Crippen LogP contribution >= 0.6 is 15.6 Å². The minimum Gasteiger partial charge on any atom is -0.462 e. The van der Waals surface area contributed by atoms with Crippen molar-refractivity contribution in [3.05, 3.63) is 0 Å². The van der Waals surface area contributed by atoms with E-state index in [1.807, 2.05) is 0 Å². The van der Waals surface area contributed by atoms with E-state index in [0.29, 0.717) is 37.5 Å². The third-order valence-corrected chi connectivity index (χ3v) is 19.1. The molecule has 2 unspecified atom stereocenters. The van der Waals surface area contributed by atoms with Crippen molar-refractivity contribution in [1.29, 1.82) is 0 Å². The van der Waals surface area contributed by atoms with Crippen molar-refractivity contribution in [2.75, 3.05) is 39.6 Å². The van der Waals surface area contributed by atoms with E-state index in [-0.39, 0.29) is 25.7 Å². The van der Waals surface area contributed by atoms with E-state index in [9.17, 15) is 43.2 Å². The third kappa shape index (κ3) is 68.4. The van der Waals surface area contributed by atoms with Crippen molar-refractivity contribution in [2.45, 2.75) is 400 Å². The first-order chi connectivity index (χ1) is 44.9. The fraction of sp³-hybridized carbons (Fsp3) is 0.946. The van der Waals surface area contributed by atoms with Crippen LogP contribution in [-0.4, -0.2) is 96.7 Å². The lowest BCUT2D eigenvalue weighted by molar-refractivity contribution is -0.161. The number of aliphatic hydroxyl groups excluding tert-OH is 1. The molecule has 552 valence electrons. The Hall–Kier alpha value is -1.94. The quantitative estimate of drug-likeness (QED) is 0.0222. The van der Waals surface area contributed by atoms with E-state index in [1.54, 1.807) is 0 Å². The minimum atomic E-state index is -4.96. The number of carbonyl (C=O) groups excluding carboxylic acids is 4. The topological polar surface area (TPSA) is 237 Å². The smallest absolute Gasteiger partial charge is 0.462 e. The normalized spacial score (nSPS) is 14.1. The molecule has 19 heteroatoms. The number of unbranched alkanes of at least 4 members (excludes halogenated alkanes) is 43. The SMILES string of the molecule is CCCCCCCCCCCCCCCCCCCCCCC(=O)O[C@H](COC(=O)CCCCCCCCCCCCCCCCC)COP(=O)(O)OC[C@@H](O)COP(=O)(O)OC[C@@H](COC(=O)CCCCCCCCC(C)C)OC(=O)CCCCCCCCC(C)C. The lowest BCUT2D eigenvalue weighted by Crippen LogP contribution is -2.30. The summed E-state index contributed by atoms with van der Waals surface area (Å²) in [4.78, 5) is 72.6.